The third kappa shape index (κ3) is 1.68. The Hall–Kier alpha value is -0.640. The van der Waals surface area contributed by atoms with Gasteiger partial charge in [-0.15, -0.1) is 0 Å². The number of phenolic OH excluding ortho intramolecular Hbond substituents is 1. The Balaban J connectivity index is 3.21. The second-order valence-electron chi connectivity index (χ2n) is 2.03. The number of rotatable bonds is 1. The van der Waals surface area contributed by atoms with Crippen LogP contribution in [-0.4, -0.2) is 5.11 Å². The molecular formula is C7H5BrF2O. The van der Waals surface area contributed by atoms with Crippen LogP contribution in [-0.2, 0) is 6.67 Å². The first-order chi connectivity index (χ1) is 5.15. The summed E-state index contributed by atoms with van der Waals surface area (Å²) in [6.45, 7) is -0.870. The van der Waals surface area contributed by atoms with E-state index in [9.17, 15) is 8.78 Å². The highest BCUT2D eigenvalue weighted by atomic mass is 79.9. The summed E-state index contributed by atoms with van der Waals surface area (Å²) in [5.41, 5.74) is -0.0605. The van der Waals surface area contributed by atoms with Crippen molar-refractivity contribution < 1.29 is 13.9 Å². The van der Waals surface area contributed by atoms with Crippen LogP contribution in [0.2, 0.25) is 0 Å². The lowest BCUT2D eigenvalue weighted by Gasteiger charge is -2.00. The van der Waals surface area contributed by atoms with Gasteiger partial charge in [0, 0.05) is 11.6 Å². The van der Waals surface area contributed by atoms with E-state index in [-0.39, 0.29) is 11.3 Å². The molecule has 4 heteroatoms. The fourth-order valence-corrected chi connectivity index (χ4v) is 1.07. The molecule has 1 rings (SSSR count). The van der Waals surface area contributed by atoms with E-state index in [1.54, 1.807) is 0 Å². The average Bonchev–Trinajstić information content (AvgIpc) is 1.97. The monoisotopic (exact) mass is 222 g/mol. The molecule has 0 heterocycles. The molecule has 1 aromatic rings. The van der Waals surface area contributed by atoms with E-state index < -0.39 is 12.5 Å². The van der Waals surface area contributed by atoms with E-state index in [1.165, 1.54) is 6.07 Å². The zero-order chi connectivity index (χ0) is 8.43. The molecular weight excluding hydrogens is 218 g/mol. The molecule has 0 aliphatic rings. The SMILES string of the molecule is Oc1cc(F)c(CF)cc1Br. The first kappa shape index (κ1) is 8.46. The van der Waals surface area contributed by atoms with E-state index in [0.29, 0.717) is 4.47 Å². The van der Waals surface area contributed by atoms with Crippen molar-refractivity contribution in [1.29, 1.82) is 0 Å². The van der Waals surface area contributed by atoms with Gasteiger partial charge in [-0.2, -0.15) is 0 Å². The van der Waals surface area contributed by atoms with Gasteiger partial charge >= 0.3 is 0 Å². The molecule has 11 heavy (non-hydrogen) atoms. The molecule has 0 amide bonds. The number of alkyl halides is 1. The van der Waals surface area contributed by atoms with Crippen LogP contribution in [0.5, 0.6) is 5.75 Å². The maximum absolute atomic E-state index is 12.6. The maximum atomic E-state index is 12.6. The first-order valence-electron chi connectivity index (χ1n) is 2.88. The second kappa shape index (κ2) is 3.17. The molecule has 1 nitrogen and oxygen atoms in total. The topological polar surface area (TPSA) is 20.2 Å². The van der Waals surface area contributed by atoms with Crippen LogP contribution in [0.4, 0.5) is 8.78 Å². The van der Waals surface area contributed by atoms with Gasteiger partial charge in [-0.05, 0) is 22.0 Å². The molecule has 0 saturated heterocycles. The van der Waals surface area contributed by atoms with E-state index in [1.807, 2.05) is 0 Å². The number of benzene rings is 1. The molecule has 0 aliphatic carbocycles. The molecule has 0 spiro atoms. The van der Waals surface area contributed by atoms with Crippen molar-refractivity contribution in [2.24, 2.45) is 0 Å². The summed E-state index contributed by atoms with van der Waals surface area (Å²) < 4.78 is 24.9. The Morgan fingerprint density at radius 1 is 1.45 bits per heavy atom. The van der Waals surface area contributed by atoms with Gasteiger partial charge in [0.15, 0.2) is 0 Å². The summed E-state index contributed by atoms with van der Waals surface area (Å²) in [5, 5.41) is 8.91. The van der Waals surface area contributed by atoms with E-state index in [0.717, 1.165) is 6.07 Å². The minimum Gasteiger partial charge on any atom is -0.507 e. The molecule has 0 radical (unpaired) electrons. The van der Waals surface area contributed by atoms with Gasteiger partial charge < -0.3 is 5.11 Å². The lowest BCUT2D eigenvalue weighted by atomic mass is 10.2. The highest BCUT2D eigenvalue weighted by Crippen LogP contribution is 2.26. The Labute approximate surface area is 70.8 Å². The van der Waals surface area contributed by atoms with Crippen LogP contribution in [0.3, 0.4) is 0 Å². The number of hydrogen-bond donors (Lipinski definition) is 1. The van der Waals surface area contributed by atoms with Gasteiger partial charge in [-0.1, -0.05) is 0 Å². The van der Waals surface area contributed by atoms with Crippen molar-refractivity contribution in [1.82, 2.24) is 0 Å². The predicted octanol–water partition coefficient (Wildman–Crippen LogP) is 2.76. The zero-order valence-corrected chi connectivity index (χ0v) is 7.03. The van der Waals surface area contributed by atoms with Crippen molar-refractivity contribution in [2.75, 3.05) is 0 Å². The highest BCUT2D eigenvalue weighted by molar-refractivity contribution is 9.10. The fourth-order valence-electron chi connectivity index (χ4n) is 0.680. The van der Waals surface area contributed by atoms with Gasteiger partial charge in [0.25, 0.3) is 0 Å². The van der Waals surface area contributed by atoms with Crippen molar-refractivity contribution in [3.05, 3.63) is 28.0 Å². The minimum absolute atomic E-state index is 0.0605. The third-order valence-electron chi connectivity index (χ3n) is 1.26. The Morgan fingerprint density at radius 3 is 2.64 bits per heavy atom. The molecule has 1 N–H and O–H groups in total. The molecule has 0 unspecified atom stereocenters. The van der Waals surface area contributed by atoms with Crippen molar-refractivity contribution in [3.63, 3.8) is 0 Å². The van der Waals surface area contributed by atoms with Crippen molar-refractivity contribution >= 4 is 15.9 Å². The van der Waals surface area contributed by atoms with E-state index in [4.69, 9.17) is 5.11 Å². The quantitative estimate of drug-likeness (QED) is 0.775. The predicted molar refractivity (Wildman–Crippen MR) is 40.6 cm³/mol. The summed E-state index contributed by atoms with van der Waals surface area (Å²) in [6.07, 6.45) is 0. The maximum Gasteiger partial charge on any atom is 0.132 e. The van der Waals surface area contributed by atoms with Gasteiger partial charge in [-0.3, -0.25) is 0 Å². The number of hydrogen-bond acceptors (Lipinski definition) is 1. The molecule has 1 aromatic carbocycles. The summed E-state index contributed by atoms with van der Waals surface area (Å²) in [6, 6.07) is 2.09. The normalized spacial score (nSPS) is 10.1. The Bertz CT molecular complexity index is 275. The van der Waals surface area contributed by atoms with Crippen LogP contribution in [0.1, 0.15) is 5.56 Å². The summed E-state index contributed by atoms with van der Waals surface area (Å²) in [5.74, 6) is -0.951. The summed E-state index contributed by atoms with van der Waals surface area (Å²) in [7, 11) is 0. The third-order valence-corrected chi connectivity index (χ3v) is 1.89. The molecule has 0 aliphatic heterocycles. The second-order valence-corrected chi connectivity index (χ2v) is 2.88. The fraction of sp³-hybridized carbons (Fsp3) is 0.143. The molecule has 60 valence electrons. The van der Waals surface area contributed by atoms with E-state index in [2.05, 4.69) is 15.9 Å². The van der Waals surface area contributed by atoms with Crippen LogP contribution < -0.4 is 0 Å². The first-order valence-corrected chi connectivity index (χ1v) is 3.67. The summed E-state index contributed by atoms with van der Waals surface area (Å²) >= 11 is 2.94. The lowest BCUT2D eigenvalue weighted by Crippen LogP contribution is -1.86. The van der Waals surface area contributed by atoms with Crippen molar-refractivity contribution in [2.45, 2.75) is 6.67 Å². The van der Waals surface area contributed by atoms with Crippen molar-refractivity contribution in [3.8, 4) is 5.75 Å². The highest BCUT2D eigenvalue weighted by Gasteiger charge is 2.06. The molecule has 0 aromatic heterocycles. The Morgan fingerprint density at radius 2 is 2.09 bits per heavy atom. The smallest absolute Gasteiger partial charge is 0.132 e. The zero-order valence-electron chi connectivity index (χ0n) is 5.44. The van der Waals surface area contributed by atoms with Crippen LogP contribution >= 0.6 is 15.9 Å². The number of halogens is 3. The van der Waals surface area contributed by atoms with E-state index >= 15 is 0 Å². The standard InChI is InChI=1S/C7H5BrF2O/c8-5-1-4(3-9)6(10)2-7(5)11/h1-2,11H,3H2. The molecule has 0 atom stereocenters. The van der Waals surface area contributed by atoms with Gasteiger partial charge in [0.1, 0.15) is 18.2 Å². The number of phenols is 1. The lowest BCUT2D eigenvalue weighted by molar-refractivity contribution is 0.447. The number of aromatic hydroxyl groups is 1. The van der Waals surface area contributed by atoms with Gasteiger partial charge in [0.2, 0.25) is 0 Å². The van der Waals surface area contributed by atoms with Crippen LogP contribution in [0, 0.1) is 5.82 Å². The van der Waals surface area contributed by atoms with Gasteiger partial charge in [-0.25, -0.2) is 8.78 Å². The molecule has 0 fully saturated rings. The van der Waals surface area contributed by atoms with Crippen LogP contribution in [0.15, 0.2) is 16.6 Å². The Kier molecular flexibility index (Phi) is 2.44. The molecule has 0 bridgehead atoms. The van der Waals surface area contributed by atoms with Gasteiger partial charge in [0.05, 0.1) is 4.47 Å². The summed E-state index contributed by atoms with van der Waals surface area (Å²) in [4.78, 5) is 0. The van der Waals surface area contributed by atoms with Crippen LogP contribution in [0.25, 0.3) is 0 Å². The molecule has 0 saturated carbocycles. The average molecular weight is 223 g/mol. The minimum atomic E-state index is -0.870. The largest absolute Gasteiger partial charge is 0.507 e.